The lowest BCUT2D eigenvalue weighted by Gasteiger charge is -2.08. The van der Waals surface area contributed by atoms with Crippen molar-refractivity contribution in [1.82, 2.24) is 9.55 Å². The van der Waals surface area contributed by atoms with Gasteiger partial charge in [0.05, 0.1) is 13.7 Å². The summed E-state index contributed by atoms with van der Waals surface area (Å²) in [5, 5.41) is 0. The van der Waals surface area contributed by atoms with Crippen LogP contribution in [-0.4, -0.2) is 28.7 Å². The molecule has 0 aromatic carbocycles. The zero-order chi connectivity index (χ0) is 12.3. The molecule has 1 atom stereocenters. The number of quaternary nitrogens is 1. The fourth-order valence-electron chi connectivity index (χ4n) is 1.23. The second-order valence-electron chi connectivity index (χ2n) is 3.44. The molecule has 0 aliphatic rings. The summed E-state index contributed by atoms with van der Waals surface area (Å²) in [5.74, 6) is -0.504. The van der Waals surface area contributed by atoms with Crippen LogP contribution in [0.5, 0.6) is 0 Å². The van der Waals surface area contributed by atoms with Crippen LogP contribution in [0, 0.1) is 6.92 Å². The Labute approximate surface area is 90.8 Å². The molecule has 1 rings (SSSR count). The van der Waals surface area contributed by atoms with Crippen molar-refractivity contribution in [2.75, 3.05) is 7.11 Å². The van der Waals surface area contributed by atoms with E-state index in [9.17, 15) is 14.4 Å². The number of esters is 1. The van der Waals surface area contributed by atoms with Gasteiger partial charge in [0.15, 0.2) is 0 Å². The number of aromatic amines is 1. The standard InChI is InChI=1S/C9H13N3O4/c1-5-3-12(9(15)11-7(5)13)4-6(10)8(14)16-2/h3,6H,4,10H2,1-2H3,(H,11,13,15)/p+1/t6-/m0/s1. The average Bonchev–Trinajstić information content (AvgIpc) is 2.24. The molecular formula is C9H14N3O4+. The summed E-state index contributed by atoms with van der Waals surface area (Å²) in [7, 11) is 1.25. The lowest BCUT2D eigenvalue weighted by Crippen LogP contribution is -2.67. The smallest absolute Gasteiger partial charge is 0.366 e. The average molecular weight is 228 g/mol. The minimum absolute atomic E-state index is 0.0725. The van der Waals surface area contributed by atoms with Gasteiger partial charge >= 0.3 is 11.7 Å². The summed E-state index contributed by atoms with van der Waals surface area (Å²) < 4.78 is 5.72. The zero-order valence-corrected chi connectivity index (χ0v) is 9.15. The van der Waals surface area contributed by atoms with E-state index in [-0.39, 0.29) is 6.54 Å². The van der Waals surface area contributed by atoms with E-state index in [0.29, 0.717) is 5.56 Å². The summed E-state index contributed by atoms with van der Waals surface area (Å²) in [6, 6.07) is -0.687. The summed E-state index contributed by atoms with van der Waals surface area (Å²) >= 11 is 0. The van der Waals surface area contributed by atoms with Gasteiger partial charge in [0, 0.05) is 11.8 Å². The van der Waals surface area contributed by atoms with Crippen LogP contribution < -0.4 is 17.0 Å². The van der Waals surface area contributed by atoms with Crippen LogP contribution in [0.3, 0.4) is 0 Å². The third-order valence-corrected chi connectivity index (χ3v) is 2.14. The Bertz CT molecular complexity index is 502. The van der Waals surface area contributed by atoms with Crippen LogP contribution in [0.15, 0.2) is 15.8 Å². The highest BCUT2D eigenvalue weighted by Crippen LogP contribution is 1.88. The van der Waals surface area contributed by atoms with Crippen LogP contribution in [0.4, 0.5) is 0 Å². The van der Waals surface area contributed by atoms with Crippen LogP contribution >= 0.6 is 0 Å². The molecule has 0 amide bonds. The molecule has 0 radical (unpaired) electrons. The summed E-state index contributed by atoms with van der Waals surface area (Å²) in [6.45, 7) is 1.65. The number of carbonyl (C=O) groups excluding carboxylic acids is 1. The Morgan fingerprint density at radius 3 is 2.81 bits per heavy atom. The lowest BCUT2D eigenvalue weighted by molar-refractivity contribution is -0.411. The SMILES string of the molecule is COC(=O)[C@@H]([NH3+])Cn1cc(C)c(=O)[nH]c1=O. The zero-order valence-electron chi connectivity index (χ0n) is 9.15. The molecule has 1 aromatic heterocycles. The number of nitrogens with zero attached hydrogens (tertiary/aromatic N) is 1. The molecule has 7 nitrogen and oxygen atoms in total. The molecule has 0 saturated heterocycles. The van der Waals surface area contributed by atoms with Crippen LogP contribution in [0.25, 0.3) is 0 Å². The Kier molecular flexibility index (Phi) is 3.62. The first-order valence-electron chi connectivity index (χ1n) is 4.67. The van der Waals surface area contributed by atoms with Gasteiger partial charge in [0.2, 0.25) is 6.04 Å². The van der Waals surface area contributed by atoms with Gasteiger partial charge in [-0.05, 0) is 6.92 Å². The molecule has 1 aromatic rings. The molecule has 0 unspecified atom stereocenters. The van der Waals surface area contributed by atoms with Gasteiger partial charge in [0.1, 0.15) is 0 Å². The fourth-order valence-corrected chi connectivity index (χ4v) is 1.23. The highest BCUT2D eigenvalue weighted by molar-refractivity contribution is 5.73. The molecule has 0 saturated carbocycles. The number of nitrogens with one attached hydrogen (secondary N) is 1. The Hall–Kier alpha value is -1.89. The van der Waals surface area contributed by atoms with Crippen LogP contribution in [-0.2, 0) is 16.1 Å². The molecule has 0 aliphatic carbocycles. The van der Waals surface area contributed by atoms with Gasteiger partial charge < -0.3 is 10.5 Å². The lowest BCUT2D eigenvalue weighted by atomic mass is 10.3. The monoisotopic (exact) mass is 228 g/mol. The number of hydrogen-bond acceptors (Lipinski definition) is 4. The van der Waals surface area contributed by atoms with E-state index in [1.54, 1.807) is 6.92 Å². The van der Waals surface area contributed by atoms with E-state index in [0.717, 1.165) is 0 Å². The number of aromatic nitrogens is 2. The Balaban J connectivity index is 2.98. The van der Waals surface area contributed by atoms with E-state index in [4.69, 9.17) is 0 Å². The van der Waals surface area contributed by atoms with Crippen molar-refractivity contribution in [3.63, 3.8) is 0 Å². The molecule has 1 heterocycles. The largest absolute Gasteiger partial charge is 0.465 e. The molecule has 0 bridgehead atoms. The Morgan fingerprint density at radius 2 is 2.25 bits per heavy atom. The van der Waals surface area contributed by atoms with Gasteiger partial charge in [0.25, 0.3) is 5.56 Å². The van der Waals surface area contributed by atoms with Gasteiger partial charge in [-0.25, -0.2) is 9.59 Å². The number of rotatable bonds is 3. The van der Waals surface area contributed by atoms with Crippen molar-refractivity contribution >= 4 is 5.97 Å². The number of carbonyl (C=O) groups is 1. The van der Waals surface area contributed by atoms with E-state index in [2.05, 4.69) is 15.5 Å². The highest BCUT2D eigenvalue weighted by Gasteiger charge is 2.19. The van der Waals surface area contributed by atoms with Crippen molar-refractivity contribution in [3.05, 3.63) is 32.6 Å². The van der Waals surface area contributed by atoms with Crippen molar-refractivity contribution < 1.29 is 15.3 Å². The van der Waals surface area contributed by atoms with Crippen molar-refractivity contribution in [2.45, 2.75) is 19.5 Å². The molecule has 0 spiro atoms. The molecule has 16 heavy (non-hydrogen) atoms. The van der Waals surface area contributed by atoms with Gasteiger partial charge in [-0.15, -0.1) is 0 Å². The molecule has 4 N–H and O–H groups in total. The number of H-pyrrole nitrogens is 1. The van der Waals surface area contributed by atoms with Crippen molar-refractivity contribution in [2.24, 2.45) is 0 Å². The molecule has 0 fully saturated rings. The molecular weight excluding hydrogens is 214 g/mol. The minimum Gasteiger partial charge on any atom is -0.465 e. The maximum atomic E-state index is 11.4. The van der Waals surface area contributed by atoms with E-state index in [1.807, 2.05) is 0 Å². The number of ether oxygens (including phenoxy) is 1. The highest BCUT2D eigenvalue weighted by atomic mass is 16.5. The third kappa shape index (κ3) is 2.57. The van der Waals surface area contributed by atoms with Crippen molar-refractivity contribution in [1.29, 1.82) is 0 Å². The first-order valence-corrected chi connectivity index (χ1v) is 4.67. The van der Waals surface area contributed by atoms with E-state index < -0.39 is 23.3 Å². The van der Waals surface area contributed by atoms with Gasteiger partial charge in [-0.1, -0.05) is 0 Å². The van der Waals surface area contributed by atoms with Gasteiger partial charge in [-0.3, -0.25) is 14.3 Å². The Morgan fingerprint density at radius 1 is 1.62 bits per heavy atom. The number of aryl methyl sites for hydroxylation is 1. The van der Waals surface area contributed by atoms with Gasteiger partial charge in [-0.2, -0.15) is 0 Å². The number of methoxy groups -OCH3 is 1. The normalized spacial score (nSPS) is 12.2. The first-order chi connectivity index (χ1) is 7.45. The van der Waals surface area contributed by atoms with Crippen LogP contribution in [0.2, 0.25) is 0 Å². The summed E-state index contributed by atoms with van der Waals surface area (Å²) in [4.78, 5) is 35.7. The van der Waals surface area contributed by atoms with E-state index in [1.165, 1.54) is 17.9 Å². The maximum absolute atomic E-state index is 11.4. The second-order valence-corrected chi connectivity index (χ2v) is 3.44. The third-order valence-electron chi connectivity index (χ3n) is 2.14. The topological polar surface area (TPSA) is 109 Å². The molecule has 0 aliphatic heterocycles. The maximum Gasteiger partial charge on any atom is 0.366 e. The predicted molar refractivity (Wildman–Crippen MR) is 54.8 cm³/mol. The number of hydrogen-bond donors (Lipinski definition) is 2. The molecule has 7 heteroatoms. The fraction of sp³-hybridized carbons (Fsp3) is 0.444. The summed E-state index contributed by atoms with van der Waals surface area (Å²) in [6.07, 6.45) is 1.39. The van der Waals surface area contributed by atoms with Crippen LogP contribution in [0.1, 0.15) is 5.56 Å². The quantitative estimate of drug-likeness (QED) is 0.563. The minimum atomic E-state index is -0.687. The van der Waals surface area contributed by atoms with Crippen molar-refractivity contribution in [3.8, 4) is 0 Å². The molecule has 88 valence electrons. The predicted octanol–water partition coefficient (Wildman–Crippen LogP) is -2.37. The summed E-state index contributed by atoms with van der Waals surface area (Å²) in [5.41, 5.74) is 2.98. The van der Waals surface area contributed by atoms with E-state index >= 15 is 0 Å². The first kappa shape index (κ1) is 12.2. The second kappa shape index (κ2) is 4.75.